The summed E-state index contributed by atoms with van der Waals surface area (Å²) in [6, 6.07) is 2.18. The Morgan fingerprint density at radius 1 is 1.56 bits per heavy atom. The number of halogens is 2. The third-order valence-corrected chi connectivity index (χ3v) is 2.31. The van der Waals surface area contributed by atoms with Gasteiger partial charge in [0, 0.05) is 11.4 Å². The highest BCUT2D eigenvalue weighted by molar-refractivity contribution is 9.09. The molecule has 0 heterocycles. The normalized spacial score (nSPS) is 10.9. The molecule has 16 heavy (non-hydrogen) atoms. The molecule has 0 unspecified atom stereocenters. The van der Waals surface area contributed by atoms with E-state index in [1.807, 2.05) is 0 Å². The van der Waals surface area contributed by atoms with Gasteiger partial charge in [-0.2, -0.15) is 0 Å². The molecule has 0 aromatic heterocycles. The molecule has 0 aliphatic rings. The van der Waals surface area contributed by atoms with Gasteiger partial charge in [0.05, 0.1) is 4.92 Å². The molecule has 0 aliphatic heterocycles. The van der Waals surface area contributed by atoms with Gasteiger partial charge in [0.2, 0.25) is 5.75 Å². The minimum atomic E-state index is -0.993. The predicted octanol–water partition coefficient (Wildman–Crippen LogP) is 3.24. The van der Waals surface area contributed by atoms with Crippen molar-refractivity contribution in [3.63, 3.8) is 0 Å². The molecule has 4 nitrogen and oxygen atoms in total. The molecule has 0 aliphatic carbocycles. The van der Waals surface area contributed by atoms with Crippen LogP contribution in [0.2, 0.25) is 0 Å². The number of phenolic OH excluding ortho intramolecular Hbond substituents is 1. The van der Waals surface area contributed by atoms with Crippen LogP contribution in [0.15, 0.2) is 18.2 Å². The zero-order valence-electron chi connectivity index (χ0n) is 8.19. The highest BCUT2D eigenvalue weighted by Gasteiger charge is 2.18. The molecule has 0 radical (unpaired) electrons. The first-order valence-electron chi connectivity index (χ1n) is 4.45. The fourth-order valence-electron chi connectivity index (χ4n) is 1.12. The van der Waals surface area contributed by atoms with Crippen LogP contribution in [-0.2, 0) is 0 Å². The SMILES string of the molecule is O=[N+]([O-])c1cc(C=CCCBr)cc(F)c1O. The minimum absolute atomic E-state index is 0.350. The van der Waals surface area contributed by atoms with Crippen molar-refractivity contribution in [1.82, 2.24) is 0 Å². The van der Waals surface area contributed by atoms with Gasteiger partial charge < -0.3 is 5.11 Å². The summed E-state index contributed by atoms with van der Waals surface area (Å²) in [5.41, 5.74) is -0.276. The van der Waals surface area contributed by atoms with E-state index in [1.165, 1.54) is 0 Å². The van der Waals surface area contributed by atoms with Crippen molar-refractivity contribution in [1.29, 1.82) is 0 Å². The molecule has 6 heteroatoms. The van der Waals surface area contributed by atoms with Crippen LogP contribution >= 0.6 is 15.9 Å². The largest absolute Gasteiger partial charge is 0.500 e. The summed E-state index contributed by atoms with van der Waals surface area (Å²) in [5.74, 6) is -1.92. The van der Waals surface area contributed by atoms with Crippen molar-refractivity contribution in [3.8, 4) is 5.75 Å². The molecule has 0 atom stereocenters. The predicted molar refractivity (Wildman–Crippen MR) is 62.2 cm³/mol. The summed E-state index contributed by atoms with van der Waals surface area (Å²) in [6.45, 7) is 0. The van der Waals surface area contributed by atoms with E-state index < -0.39 is 22.2 Å². The number of nitrogens with zero attached hydrogens (tertiary/aromatic N) is 1. The summed E-state index contributed by atoms with van der Waals surface area (Å²) in [7, 11) is 0. The van der Waals surface area contributed by atoms with Crippen molar-refractivity contribution < 1.29 is 14.4 Å². The average Bonchev–Trinajstić information content (AvgIpc) is 2.23. The fraction of sp³-hybridized carbons (Fsp3) is 0.200. The summed E-state index contributed by atoms with van der Waals surface area (Å²) in [6.07, 6.45) is 4.05. The molecule has 0 bridgehead atoms. The molecule has 1 rings (SSSR count). The van der Waals surface area contributed by atoms with E-state index in [0.717, 1.165) is 23.9 Å². The van der Waals surface area contributed by atoms with Gasteiger partial charge in [0.15, 0.2) is 5.82 Å². The highest BCUT2D eigenvalue weighted by atomic mass is 79.9. The maximum atomic E-state index is 13.1. The molecule has 1 aromatic rings. The van der Waals surface area contributed by atoms with Gasteiger partial charge in [-0.3, -0.25) is 10.1 Å². The van der Waals surface area contributed by atoms with Gasteiger partial charge in [0.25, 0.3) is 0 Å². The van der Waals surface area contributed by atoms with E-state index in [2.05, 4.69) is 15.9 Å². The number of rotatable bonds is 4. The molecule has 1 N–H and O–H groups in total. The summed E-state index contributed by atoms with van der Waals surface area (Å²) in [4.78, 5) is 9.68. The lowest BCUT2D eigenvalue weighted by molar-refractivity contribution is -0.386. The van der Waals surface area contributed by atoms with Crippen LogP contribution in [-0.4, -0.2) is 15.4 Å². The third kappa shape index (κ3) is 3.03. The van der Waals surface area contributed by atoms with Crippen LogP contribution in [0.5, 0.6) is 5.75 Å². The quantitative estimate of drug-likeness (QED) is 0.526. The Bertz CT molecular complexity index is 434. The Hall–Kier alpha value is -1.43. The van der Waals surface area contributed by atoms with Gasteiger partial charge in [-0.25, -0.2) is 4.39 Å². The second-order valence-electron chi connectivity index (χ2n) is 3.01. The van der Waals surface area contributed by atoms with Crippen LogP contribution in [0.4, 0.5) is 10.1 Å². The van der Waals surface area contributed by atoms with E-state index >= 15 is 0 Å². The number of nitro groups is 1. The van der Waals surface area contributed by atoms with Crippen LogP contribution in [0.1, 0.15) is 12.0 Å². The Kier molecular flexibility index (Phi) is 4.42. The Labute approximate surface area is 99.7 Å². The third-order valence-electron chi connectivity index (χ3n) is 1.85. The molecular weight excluding hydrogens is 281 g/mol. The molecule has 0 fully saturated rings. The maximum Gasteiger partial charge on any atom is 0.314 e. The fourth-order valence-corrected chi connectivity index (χ4v) is 1.39. The van der Waals surface area contributed by atoms with E-state index in [9.17, 15) is 14.5 Å². The lowest BCUT2D eigenvalue weighted by Crippen LogP contribution is -1.92. The molecule has 0 saturated heterocycles. The first-order chi connectivity index (χ1) is 7.56. The van der Waals surface area contributed by atoms with Gasteiger partial charge >= 0.3 is 5.69 Å². The van der Waals surface area contributed by atoms with Crippen molar-refractivity contribution in [2.75, 3.05) is 5.33 Å². The standard InChI is InChI=1S/C10H9BrFNO3/c11-4-2-1-3-7-5-8(12)10(14)9(6-7)13(15)16/h1,3,5-6,14H,2,4H2. The zero-order chi connectivity index (χ0) is 12.1. The minimum Gasteiger partial charge on any atom is -0.500 e. The lowest BCUT2D eigenvalue weighted by Gasteiger charge is -1.99. The van der Waals surface area contributed by atoms with Gasteiger partial charge in [-0.1, -0.05) is 28.1 Å². The highest BCUT2D eigenvalue weighted by Crippen LogP contribution is 2.30. The molecule has 1 aromatic carbocycles. The number of alkyl halides is 1. The van der Waals surface area contributed by atoms with Gasteiger partial charge in [0.1, 0.15) is 0 Å². The summed E-state index contributed by atoms with van der Waals surface area (Å²) >= 11 is 3.21. The number of benzene rings is 1. The number of hydrogen-bond acceptors (Lipinski definition) is 3. The smallest absolute Gasteiger partial charge is 0.314 e. The average molecular weight is 290 g/mol. The number of allylic oxidation sites excluding steroid dienone is 1. The van der Waals surface area contributed by atoms with Gasteiger partial charge in [-0.15, -0.1) is 0 Å². The number of nitro benzene ring substituents is 1. The van der Waals surface area contributed by atoms with Crippen molar-refractivity contribution in [3.05, 3.63) is 39.7 Å². The van der Waals surface area contributed by atoms with E-state index in [4.69, 9.17) is 5.11 Å². The van der Waals surface area contributed by atoms with Crippen LogP contribution in [0, 0.1) is 15.9 Å². The second-order valence-corrected chi connectivity index (χ2v) is 3.80. The molecule has 0 saturated carbocycles. The first kappa shape index (κ1) is 12.6. The van der Waals surface area contributed by atoms with Crippen LogP contribution in [0.25, 0.3) is 6.08 Å². The first-order valence-corrected chi connectivity index (χ1v) is 5.58. The number of aromatic hydroxyl groups is 1. The van der Waals surface area contributed by atoms with Crippen molar-refractivity contribution in [2.24, 2.45) is 0 Å². The van der Waals surface area contributed by atoms with Crippen LogP contribution in [0.3, 0.4) is 0 Å². The molecule has 86 valence electrons. The van der Waals surface area contributed by atoms with Gasteiger partial charge in [-0.05, 0) is 18.1 Å². The van der Waals surface area contributed by atoms with E-state index in [-0.39, 0.29) is 0 Å². The molecule has 0 amide bonds. The second kappa shape index (κ2) is 5.60. The molecular formula is C10H9BrFNO3. The van der Waals surface area contributed by atoms with E-state index in [1.54, 1.807) is 12.2 Å². The lowest BCUT2D eigenvalue weighted by atomic mass is 10.1. The van der Waals surface area contributed by atoms with E-state index in [0.29, 0.717) is 5.56 Å². The topological polar surface area (TPSA) is 63.4 Å². The van der Waals surface area contributed by atoms with Crippen LogP contribution < -0.4 is 0 Å². The summed E-state index contributed by atoms with van der Waals surface area (Å²) in [5, 5.41) is 20.4. The Morgan fingerprint density at radius 3 is 2.81 bits per heavy atom. The Morgan fingerprint density at radius 2 is 2.25 bits per heavy atom. The number of hydrogen-bond donors (Lipinski definition) is 1. The number of phenols is 1. The summed E-state index contributed by atoms with van der Waals surface area (Å²) < 4.78 is 13.1. The van der Waals surface area contributed by atoms with Crippen molar-refractivity contribution >= 4 is 27.7 Å². The Balaban J connectivity index is 3.09. The monoisotopic (exact) mass is 289 g/mol. The zero-order valence-corrected chi connectivity index (χ0v) is 9.78. The van der Waals surface area contributed by atoms with Crippen molar-refractivity contribution in [2.45, 2.75) is 6.42 Å². The molecule has 0 spiro atoms. The maximum absolute atomic E-state index is 13.1.